The minimum atomic E-state index is -1.05. The molecule has 1 nitrogen and oxygen atoms in total. The molecular weight excluding hydrogens is 234 g/mol. The quantitative estimate of drug-likeness (QED) is 0.564. The molecule has 0 saturated heterocycles. The van der Waals surface area contributed by atoms with Gasteiger partial charge in [0.1, 0.15) is 0 Å². The second kappa shape index (κ2) is 4.50. The van der Waals surface area contributed by atoms with Gasteiger partial charge in [-0.1, -0.05) is 32.4 Å². The predicted octanol–water partition coefficient (Wildman–Crippen LogP) is 4.24. The van der Waals surface area contributed by atoms with Crippen LogP contribution in [-0.4, -0.2) is 5.78 Å². The zero-order valence-electron chi connectivity index (χ0n) is 9.40. The molecule has 0 atom stereocenters. The zero-order chi connectivity index (χ0) is 12.5. The summed E-state index contributed by atoms with van der Waals surface area (Å²) in [7, 11) is 0. The Labute approximate surface area is 98.4 Å². The number of carbonyl (C=O) groups excluding carboxylic acids is 1. The molecule has 0 aliphatic carbocycles. The van der Waals surface area contributed by atoms with Crippen LogP contribution in [0.3, 0.4) is 0 Å². The van der Waals surface area contributed by atoms with Gasteiger partial charge in [0.25, 0.3) is 0 Å². The van der Waals surface area contributed by atoms with E-state index in [1.54, 1.807) is 0 Å². The molecule has 0 aliphatic rings. The molecule has 0 unspecified atom stereocenters. The molecule has 0 radical (unpaired) electrons. The Kier molecular flexibility index (Phi) is 3.68. The maximum Gasteiger partial charge on any atom is 0.165 e. The third-order valence-electron chi connectivity index (χ3n) is 2.00. The van der Waals surface area contributed by atoms with Crippen LogP contribution in [0.25, 0.3) is 0 Å². The highest BCUT2D eigenvalue weighted by Gasteiger charge is 2.20. The fourth-order valence-electron chi connectivity index (χ4n) is 1.31. The highest BCUT2D eigenvalue weighted by molar-refractivity contribution is 6.34. The highest BCUT2D eigenvalue weighted by Crippen LogP contribution is 2.26. The average molecular weight is 247 g/mol. The van der Waals surface area contributed by atoms with Crippen molar-refractivity contribution in [3.8, 4) is 0 Å². The first-order valence-electron chi connectivity index (χ1n) is 4.88. The summed E-state index contributed by atoms with van der Waals surface area (Å²) in [6.45, 7) is 5.66. The van der Waals surface area contributed by atoms with Gasteiger partial charge in [0, 0.05) is 12.0 Å². The molecule has 0 heterocycles. The Morgan fingerprint density at radius 3 is 2.25 bits per heavy atom. The molecule has 4 heteroatoms. The van der Waals surface area contributed by atoms with Crippen molar-refractivity contribution >= 4 is 17.4 Å². The lowest BCUT2D eigenvalue weighted by Gasteiger charge is -2.17. The van der Waals surface area contributed by atoms with E-state index < -0.39 is 11.6 Å². The Morgan fingerprint density at radius 2 is 1.75 bits per heavy atom. The largest absolute Gasteiger partial charge is 0.294 e. The Hall–Kier alpha value is -0.960. The van der Waals surface area contributed by atoms with Crippen molar-refractivity contribution in [3.05, 3.63) is 34.4 Å². The first kappa shape index (κ1) is 13.1. The zero-order valence-corrected chi connectivity index (χ0v) is 10.2. The van der Waals surface area contributed by atoms with Gasteiger partial charge in [-0.3, -0.25) is 4.79 Å². The van der Waals surface area contributed by atoms with Gasteiger partial charge in [-0.2, -0.15) is 0 Å². The van der Waals surface area contributed by atoms with Crippen molar-refractivity contribution < 1.29 is 13.6 Å². The fraction of sp³-hybridized carbons (Fsp3) is 0.417. The summed E-state index contributed by atoms with van der Waals surface area (Å²) < 4.78 is 25.8. The molecule has 16 heavy (non-hydrogen) atoms. The molecule has 0 aliphatic heterocycles. The van der Waals surface area contributed by atoms with E-state index in [1.165, 1.54) is 0 Å². The van der Waals surface area contributed by atoms with E-state index in [0.29, 0.717) is 0 Å². The summed E-state index contributed by atoms with van der Waals surface area (Å²) in [5.41, 5.74) is -0.179. The molecule has 88 valence electrons. The van der Waals surface area contributed by atoms with Gasteiger partial charge in [0.15, 0.2) is 17.4 Å². The summed E-state index contributed by atoms with van der Waals surface area (Å²) in [5, 5.41) is -0.0480. The van der Waals surface area contributed by atoms with Crippen LogP contribution in [0.1, 0.15) is 37.6 Å². The number of halogens is 3. The van der Waals surface area contributed by atoms with Crippen molar-refractivity contribution in [2.24, 2.45) is 5.41 Å². The van der Waals surface area contributed by atoms with E-state index >= 15 is 0 Å². The van der Waals surface area contributed by atoms with Gasteiger partial charge in [-0.05, 0) is 17.5 Å². The lowest BCUT2D eigenvalue weighted by Crippen LogP contribution is -2.13. The van der Waals surface area contributed by atoms with Crippen LogP contribution in [0.15, 0.2) is 12.1 Å². The standard InChI is InChI=1S/C12H13ClF2O/c1-12(2,3)6-11(16)7-4-9(14)10(15)5-8(7)13/h4-5H,6H2,1-3H3. The van der Waals surface area contributed by atoms with E-state index in [0.717, 1.165) is 12.1 Å². The summed E-state index contributed by atoms with van der Waals surface area (Å²) in [6, 6.07) is 1.68. The lowest BCUT2D eigenvalue weighted by atomic mass is 9.88. The number of hydrogen-bond donors (Lipinski definition) is 0. The van der Waals surface area contributed by atoms with Gasteiger partial charge in [-0.25, -0.2) is 8.78 Å². The van der Waals surface area contributed by atoms with Gasteiger partial charge >= 0.3 is 0 Å². The first-order chi connectivity index (χ1) is 7.20. The summed E-state index contributed by atoms with van der Waals surface area (Å²) in [4.78, 5) is 11.8. The van der Waals surface area contributed by atoms with E-state index in [1.807, 2.05) is 20.8 Å². The average Bonchev–Trinajstić information content (AvgIpc) is 2.08. The van der Waals surface area contributed by atoms with Crippen LogP contribution in [0.5, 0.6) is 0 Å². The molecule has 1 rings (SSSR count). The Bertz CT molecular complexity index is 422. The Balaban J connectivity index is 3.05. The summed E-state index contributed by atoms with van der Waals surface area (Å²) >= 11 is 5.70. The smallest absolute Gasteiger partial charge is 0.165 e. The molecule has 0 fully saturated rings. The number of carbonyl (C=O) groups is 1. The van der Waals surface area contributed by atoms with Gasteiger partial charge in [0.05, 0.1) is 5.02 Å². The number of hydrogen-bond acceptors (Lipinski definition) is 1. The minimum Gasteiger partial charge on any atom is -0.294 e. The van der Waals surface area contributed by atoms with E-state index in [9.17, 15) is 13.6 Å². The van der Waals surface area contributed by atoms with Crippen molar-refractivity contribution in [2.45, 2.75) is 27.2 Å². The number of benzene rings is 1. The number of rotatable bonds is 2. The second-order valence-corrected chi connectivity index (χ2v) is 5.31. The van der Waals surface area contributed by atoms with E-state index in [-0.39, 0.29) is 28.2 Å². The molecule has 0 saturated carbocycles. The molecule has 1 aromatic rings. The van der Waals surface area contributed by atoms with E-state index in [4.69, 9.17) is 11.6 Å². The second-order valence-electron chi connectivity index (χ2n) is 4.91. The molecule has 0 spiro atoms. The third kappa shape index (κ3) is 3.27. The third-order valence-corrected chi connectivity index (χ3v) is 2.31. The minimum absolute atomic E-state index is 0.0375. The molecular formula is C12H13ClF2O. The predicted molar refractivity (Wildman–Crippen MR) is 59.8 cm³/mol. The number of Topliss-reactive ketones (excluding diaryl/α,β-unsaturated/α-hetero) is 1. The fourth-order valence-corrected chi connectivity index (χ4v) is 1.57. The van der Waals surface area contributed by atoms with Crippen molar-refractivity contribution in [1.29, 1.82) is 0 Å². The maximum absolute atomic E-state index is 13.0. The summed E-state index contributed by atoms with van der Waals surface area (Å²) in [5.74, 6) is -2.38. The normalized spacial score (nSPS) is 11.6. The molecule has 1 aromatic carbocycles. The summed E-state index contributed by atoms with van der Waals surface area (Å²) in [6.07, 6.45) is 0.234. The van der Waals surface area contributed by atoms with Crippen LogP contribution >= 0.6 is 11.6 Å². The SMILES string of the molecule is CC(C)(C)CC(=O)c1cc(F)c(F)cc1Cl. The molecule has 0 aromatic heterocycles. The molecule has 0 bridgehead atoms. The first-order valence-corrected chi connectivity index (χ1v) is 5.26. The van der Waals surface area contributed by atoms with Crippen LogP contribution in [0.2, 0.25) is 5.02 Å². The van der Waals surface area contributed by atoms with Crippen molar-refractivity contribution in [1.82, 2.24) is 0 Å². The number of ketones is 1. The van der Waals surface area contributed by atoms with Crippen LogP contribution in [0, 0.1) is 17.0 Å². The molecule has 0 amide bonds. The maximum atomic E-state index is 13.0. The van der Waals surface area contributed by atoms with Crippen molar-refractivity contribution in [3.63, 3.8) is 0 Å². The molecule has 0 N–H and O–H groups in total. The van der Waals surface area contributed by atoms with Gasteiger partial charge < -0.3 is 0 Å². The van der Waals surface area contributed by atoms with Crippen LogP contribution in [0.4, 0.5) is 8.78 Å². The Morgan fingerprint density at radius 1 is 1.25 bits per heavy atom. The van der Waals surface area contributed by atoms with Crippen molar-refractivity contribution in [2.75, 3.05) is 0 Å². The van der Waals surface area contributed by atoms with Crippen LogP contribution < -0.4 is 0 Å². The lowest BCUT2D eigenvalue weighted by molar-refractivity contribution is 0.0939. The van der Waals surface area contributed by atoms with Gasteiger partial charge in [0.2, 0.25) is 0 Å². The van der Waals surface area contributed by atoms with E-state index in [2.05, 4.69) is 0 Å². The monoisotopic (exact) mass is 246 g/mol. The van der Waals surface area contributed by atoms with Gasteiger partial charge in [-0.15, -0.1) is 0 Å². The topological polar surface area (TPSA) is 17.1 Å². The van der Waals surface area contributed by atoms with Crippen LogP contribution in [-0.2, 0) is 0 Å². The highest BCUT2D eigenvalue weighted by atomic mass is 35.5.